The second-order valence-corrected chi connectivity index (χ2v) is 7.46. The fourth-order valence-corrected chi connectivity index (χ4v) is 3.97. The summed E-state index contributed by atoms with van der Waals surface area (Å²) in [5.74, 6) is 0.818. The summed E-state index contributed by atoms with van der Waals surface area (Å²) in [6.07, 6.45) is 8.21. The minimum absolute atomic E-state index is 0.585. The van der Waals surface area contributed by atoms with E-state index < -0.39 is 5.72 Å². The summed E-state index contributed by atoms with van der Waals surface area (Å²) >= 11 is 0. The molecule has 0 saturated heterocycles. The number of rotatable bonds is 12. The number of hydrogen-bond acceptors (Lipinski definition) is 4. The van der Waals surface area contributed by atoms with Gasteiger partial charge < -0.3 is 9.47 Å². The number of fused-ring (bicyclic) bond motifs is 1. The number of para-hydroxylation sites is 1. The van der Waals surface area contributed by atoms with Gasteiger partial charge in [0, 0.05) is 18.6 Å². The Morgan fingerprint density at radius 1 is 0.931 bits per heavy atom. The van der Waals surface area contributed by atoms with Crippen LogP contribution in [0.2, 0.25) is 0 Å². The molecule has 1 atom stereocenters. The van der Waals surface area contributed by atoms with Crippen molar-refractivity contribution in [2.75, 3.05) is 13.7 Å². The lowest BCUT2D eigenvalue weighted by atomic mass is 9.94. The molecule has 0 aliphatic carbocycles. The maximum atomic E-state index is 6.50. The van der Waals surface area contributed by atoms with Crippen LogP contribution in [0.3, 0.4) is 0 Å². The first-order valence-electron chi connectivity index (χ1n) is 10.8. The van der Waals surface area contributed by atoms with Crippen molar-refractivity contribution < 1.29 is 9.47 Å². The van der Waals surface area contributed by atoms with Gasteiger partial charge in [0.25, 0.3) is 0 Å². The van der Waals surface area contributed by atoms with Crippen molar-refractivity contribution in [2.45, 2.75) is 64.5 Å². The van der Waals surface area contributed by atoms with Crippen molar-refractivity contribution in [1.29, 1.82) is 0 Å². The fraction of sp³-hybridized carbons (Fsp3) is 0.500. The molecule has 3 rings (SSSR count). The number of benzene rings is 2. The van der Waals surface area contributed by atoms with Crippen molar-refractivity contribution in [3.8, 4) is 5.75 Å². The summed E-state index contributed by atoms with van der Waals surface area (Å²) in [4.78, 5) is 0. The summed E-state index contributed by atoms with van der Waals surface area (Å²) < 4.78 is 14.0. The lowest BCUT2D eigenvalue weighted by Gasteiger charge is -2.35. The highest BCUT2D eigenvalue weighted by Crippen LogP contribution is 2.37. The normalized spacial score (nSPS) is 13.5. The van der Waals surface area contributed by atoms with Crippen LogP contribution in [-0.2, 0) is 10.5 Å². The predicted octanol–water partition coefficient (Wildman–Crippen LogP) is 5.93. The number of ether oxygens (including phenoxy) is 2. The van der Waals surface area contributed by atoms with Gasteiger partial charge in [-0.05, 0) is 37.6 Å². The zero-order valence-corrected chi connectivity index (χ0v) is 17.9. The molecular weight excluding hydrogens is 362 g/mol. The SMILES string of the molecule is CCCCCCCCC(OCC)(c1cccc(OC)c1)n1nnc2ccccc21. The molecule has 5 heteroatoms. The van der Waals surface area contributed by atoms with Crippen molar-refractivity contribution in [1.82, 2.24) is 15.0 Å². The smallest absolute Gasteiger partial charge is 0.189 e. The lowest BCUT2D eigenvalue weighted by molar-refractivity contribution is -0.0828. The molecule has 0 amide bonds. The van der Waals surface area contributed by atoms with Crippen LogP contribution < -0.4 is 4.74 Å². The minimum atomic E-state index is -0.704. The van der Waals surface area contributed by atoms with E-state index in [9.17, 15) is 0 Å². The number of hydrogen-bond donors (Lipinski definition) is 0. The first-order valence-corrected chi connectivity index (χ1v) is 10.8. The van der Waals surface area contributed by atoms with Crippen LogP contribution in [0.4, 0.5) is 0 Å². The Morgan fingerprint density at radius 3 is 2.52 bits per heavy atom. The maximum Gasteiger partial charge on any atom is 0.189 e. The van der Waals surface area contributed by atoms with Crippen molar-refractivity contribution in [2.24, 2.45) is 0 Å². The highest BCUT2D eigenvalue weighted by atomic mass is 16.5. The quantitative estimate of drug-likeness (QED) is 0.357. The second-order valence-electron chi connectivity index (χ2n) is 7.46. The highest BCUT2D eigenvalue weighted by molar-refractivity contribution is 5.74. The molecule has 0 bridgehead atoms. The predicted molar refractivity (Wildman–Crippen MR) is 117 cm³/mol. The van der Waals surface area contributed by atoms with E-state index in [0.29, 0.717) is 6.61 Å². The first-order chi connectivity index (χ1) is 14.2. The van der Waals surface area contributed by atoms with Crippen LogP contribution in [0.5, 0.6) is 5.75 Å². The third kappa shape index (κ3) is 4.78. The van der Waals surface area contributed by atoms with Gasteiger partial charge >= 0.3 is 0 Å². The van der Waals surface area contributed by atoms with Crippen LogP contribution >= 0.6 is 0 Å². The molecule has 1 aromatic heterocycles. The Balaban J connectivity index is 2.00. The molecule has 0 spiro atoms. The van der Waals surface area contributed by atoms with Gasteiger partial charge in [0.15, 0.2) is 5.72 Å². The van der Waals surface area contributed by atoms with Crippen LogP contribution in [-0.4, -0.2) is 28.7 Å². The van der Waals surface area contributed by atoms with Gasteiger partial charge in [-0.3, -0.25) is 0 Å². The van der Waals surface area contributed by atoms with E-state index in [4.69, 9.17) is 9.47 Å². The number of unbranched alkanes of at least 4 members (excludes halogenated alkanes) is 5. The van der Waals surface area contributed by atoms with E-state index in [2.05, 4.69) is 35.4 Å². The van der Waals surface area contributed by atoms with Crippen molar-refractivity contribution in [3.05, 3.63) is 54.1 Å². The van der Waals surface area contributed by atoms with E-state index in [0.717, 1.165) is 35.2 Å². The third-order valence-electron chi connectivity index (χ3n) is 5.47. The topological polar surface area (TPSA) is 49.2 Å². The highest BCUT2D eigenvalue weighted by Gasteiger charge is 2.37. The van der Waals surface area contributed by atoms with Gasteiger partial charge in [-0.1, -0.05) is 68.5 Å². The monoisotopic (exact) mass is 395 g/mol. The van der Waals surface area contributed by atoms with Crippen molar-refractivity contribution >= 4 is 11.0 Å². The molecule has 2 aromatic carbocycles. The van der Waals surface area contributed by atoms with Gasteiger partial charge in [-0.25, -0.2) is 4.68 Å². The zero-order valence-electron chi connectivity index (χ0n) is 17.9. The average molecular weight is 396 g/mol. The number of methoxy groups -OCH3 is 1. The summed E-state index contributed by atoms with van der Waals surface area (Å²) in [6, 6.07) is 16.2. The Morgan fingerprint density at radius 2 is 1.72 bits per heavy atom. The Labute approximate surface area is 174 Å². The molecule has 29 heavy (non-hydrogen) atoms. The molecule has 156 valence electrons. The van der Waals surface area contributed by atoms with Gasteiger partial charge in [0.2, 0.25) is 0 Å². The first kappa shape index (κ1) is 21.3. The molecule has 5 nitrogen and oxygen atoms in total. The van der Waals surface area contributed by atoms with Crippen LogP contribution in [0, 0.1) is 0 Å². The molecular formula is C24H33N3O2. The number of aromatic nitrogens is 3. The van der Waals surface area contributed by atoms with Gasteiger partial charge in [0.05, 0.1) is 12.6 Å². The molecule has 0 saturated carbocycles. The van der Waals surface area contributed by atoms with E-state index in [1.165, 1.54) is 32.1 Å². The lowest BCUT2D eigenvalue weighted by Crippen LogP contribution is -2.39. The van der Waals surface area contributed by atoms with Gasteiger partial charge in [-0.15, -0.1) is 5.10 Å². The van der Waals surface area contributed by atoms with E-state index in [-0.39, 0.29) is 0 Å². The van der Waals surface area contributed by atoms with E-state index in [1.807, 2.05) is 41.9 Å². The standard InChI is InChI=1S/C24H33N3O2/c1-4-6-7-8-9-12-18-24(29-5-2,20-14-13-15-21(19-20)28-3)27-23-17-11-10-16-22(23)25-26-27/h10-11,13-17,19H,4-9,12,18H2,1-3H3. The molecule has 1 unspecified atom stereocenters. The fourth-order valence-electron chi connectivity index (χ4n) is 3.97. The maximum absolute atomic E-state index is 6.50. The molecule has 0 fully saturated rings. The molecule has 0 radical (unpaired) electrons. The second kappa shape index (κ2) is 10.4. The summed E-state index contributed by atoms with van der Waals surface area (Å²) in [6.45, 7) is 4.87. The van der Waals surface area contributed by atoms with Gasteiger partial charge in [0.1, 0.15) is 11.3 Å². The average Bonchev–Trinajstić information content (AvgIpc) is 3.20. The zero-order chi connectivity index (χ0) is 20.5. The number of nitrogens with zero attached hydrogens (tertiary/aromatic N) is 3. The summed E-state index contributed by atoms with van der Waals surface area (Å²) in [5.41, 5.74) is 2.20. The van der Waals surface area contributed by atoms with E-state index in [1.54, 1.807) is 7.11 Å². The molecule has 0 aliphatic rings. The Kier molecular flexibility index (Phi) is 7.64. The van der Waals surface area contributed by atoms with Crippen LogP contribution in [0.25, 0.3) is 11.0 Å². The molecule has 0 N–H and O–H groups in total. The van der Waals surface area contributed by atoms with Crippen molar-refractivity contribution in [3.63, 3.8) is 0 Å². The molecule has 0 aliphatic heterocycles. The largest absolute Gasteiger partial charge is 0.497 e. The summed E-state index contributed by atoms with van der Waals surface area (Å²) in [5, 5.41) is 8.95. The third-order valence-corrected chi connectivity index (χ3v) is 5.47. The summed E-state index contributed by atoms with van der Waals surface area (Å²) in [7, 11) is 1.69. The van der Waals surface area contributed by atoms with Crippen LogP contribution in [0.15, 0.2) is 48.5 Å². The van der Waals surface area contributed by atoms with E-state index >= 15 is 0 Å². The molecule has 1 heterocycles. The van der Waals surface area contributed by atoms with Crippen LogP contribution in [0.1, 0.15) is 64.4 Å². The molecule has 3 aromatic rings. The Bertz CT molecular complexity index is 892. The minimum Gasteiger partial charge on any atom is -0.497 e. The van der Waals surface area contributed by atoms with Gasteiger partial charge in [-0.2, -0.15) is 0 Å². The Hall–Kier alpha value is -2.40.